The van der Waals surface area contributed by atoms with Gasteiger partial charge in [0, 0.05) is 12.6 Å². The lowest BCUT2D eigenvalue weighted by molar-refractivity contribution is 0.211. The molecule has 3 nitrogen and oxygen atoms in total. The highest BCUT2D eigenvalue weighted by Gasteiger charge is 2.17. The number of aliphatic hydroxyl groups is 1. The van der Waals surface area contributed by atoms with Crippen molar-refractivity contribution >= 4 is 0 Å². The SMILES string of the molecule is Cc1ccccc1-c1cc(C(O)c2cncn2C)ccc1F. The van der Waals surface area contributed by atoms with Crippen LogP contribution in [0.1, 0.15) is 22.9 Å². The summed E-state index contributed by atoms with van der Waals surface area (Å²) in [5.74, 6) is -0.296. The van der Waals surface area contributed by atoms with Gasteiger partial charge in [0.1, 0.15) is 11.9 Å². The number of halogens is 1. The van der Waals surface area contributed by atoms with Gasteiger partial charge in [-0.1, -0.05) is 30.3 Å². The van der Waals surface area contributed by atoms with E-state index in [0.717, 1.165) is 11.1 Å². The fraction of sp³-hybridized carbons (Fsp3) is 0.167. The molecule has 2 aromatic carbocycles. The lowest BCUT2D eigenvalue weighted by Gasteiger charge is -2.14. The van der Waals surface area contributed by atoms with E-state index in [0.29, 0.717) is 16.8 Å². The predicted molar refractivity (Wildman–Crippen MR) is 83.8 cm³/mol. The zero-order valence-electron chi connectivity index (χ0n) is 12.5. The fourth-order valence-corrected chi connectivity index (χ4v) is 2.60. The minimum Gasteiger partial charge on any atom is -0.382 e. The minimum atomic E-state index is -0.837. The Labute approximate surface area is 128 Å². The summed E-state index contributed by atoms with van der Waals surface area (Å²) in [7, 11) is 1.82. The Bertz CT molecular complexity index is 810. The second kappa shape index (κ2) is 5.73. The molecule has 3 rings (SSSR count). The highest BCUT2D eigenvalue weighted by Crippen LogP contribution is 2.30. The van der Waals surface area contributed by atoms with Crippen LogP contribution in [-0.4, -0.2) is 14.7 Å². The normalized spacial score (nSPS) is 12.4. The smallest absolute Gasteiger partial charge is 0.131 e. The standard InChI is InChI=1S/C18H17FN2O/c1-12-5-3-4-6-14(12)15-9-13(7-8-16(15)19)18(22)17-10-20-11-21(17)2/h3-11,18,22H,1-2H3. The van der Waals surface area contributed by atoms with Crippen molar-refractivity contribution in [1.29, 1.82) is 0 Å². The van der Waals surface area contributed by atoms with Gasteiger partial charge in [-0.25, -0.2) is 9.37 Å². The molecule has 0 bridgehead atoms. The van der Waals surface area contributed by atoms with Crippen LogP contribution in [0.15, 0.2) is 55.0 Å². The summed E-state index contributed by atoms with van der Waals surface area (Å²) in [5, 5.41) is 10.5. The van der Waals surface area contributed by atoms with Gasteiger partial charge in [-0.2, -0.15) is 0 Å². The van der Waals surface area contributed by atoms with E-state index < -0.39 is 6.10 Å². The van der Waals surface area contributed by atoms with Crippen molar-refractivity contribution < 1.29 is 9.50 Å². The highest BCUT2D eigenvalue weighted by molar-refractivity contribution is 5.68. The quantitative estimate of drug-likeness (QED) is 0.801. The average molecular weight is 296 g/mol. The number of aromatic nitrogens is 2. The largest absolute Gasteiger partial charge is 0.382 e. The molecule has 1 aromatic heterocycles. The van der Waals surface area contributed by atoms with Gasteiger partial charge < -0.3 is 9.67 Å². The van der Waals surface area contributed by atoms with Crippen LogP contribution >= 0.6 is 0 Å². The molecule has 0 amide bonds. The molecular weight excluding hydrogens is 279 g/mol. The van der Waals surface area contributed by atoms with Crippen LogP contribution in [0.2, 0.25) is 0 Å². The Morgan fingerprint density at radius 3 is 2.59 bits per heavy atom. The number of aliphatic hydroxyl groups excluding tert-OH is 1. The zero-order chi connectivity index (χ0) is 15.7. The molecular formula is C18H17FN2O. The monoisotopic (exact) mass is 296 g/mol. The van der Waals surface area contributed by atoms with Crippen LogP contribution in [0.3, 0.4) is 0 Å². The van der Waals surface area contributed by atoms with Gasteiger partial charge in [0.15, 0.2) is 0 Å². The van der Waals surface area contributed by atoms with E-state index >= 15 is 0 Å². The molecule has 112 valence electrons. The summed E-state index contributed by atoms with van der Waals surface area (Å²) in [5.41, 5.74) is 3.63. The molecule has 0 fully saturated rings. The molecule has 1 unspecified atom stereocenters. The predicted octanol–water partition coefficient (Wildman–Crippen LogP) is 3.62. The summed E-state index contributed by atoms with van der Waals surface area (Å²) in [6.07, 6.45) is 2.40. The molecule has 0 radical (unpaired) electrons. The summed E-state index contributed by atoms with van der Waals surface area (Å²) >= 11 is 0. The first-order chi connectivity index (χ1) is 10.6. The van der Waals surface area contributed by atoms with E-state index in [9.17, 15) is 9.50 Å². The van der Waals surface area contributed by atoms with E-state index in [1.165, 1.54) is 6.07 Å². The van der Waals surface area contributed by atoms with Crippen molar-refractivity contribution in [1.82, 2.24) is 9.55 Å². The molecule has 0 aliphatic carbocycles. The van der Waals surface area contributed by atoms with Crippen molar-refractivity contribution in [3.63, 3.8) is 0 Å². The molecule has 0 saturated carbocycles. The molecule has 0 spiro atoms. The Balaban J connectivity index is 2.08. The number of hydrogen-bond donors (Lipinski definition) is 1. The maximum atomic E-state index is 14.2. The molecule has 3 aromatic rings. The summed E-state index contributed by atoms with van der Waals surface area (Å²) < 4.78 is 16.0. The second-order valence-electron chi connectivity index (χ2n) is 5.39. The Morgan fingerprint density at radius 2 is 1.91 bits per heavy atom. The Hall–Kier alpha value is -2.46. The number of hydrogen-bond acceptors (Lipinski definition) is 2. The summed E-state index contributed by atoms with van der Waals surface area (Å²) in [4.78, 5) is 4.01. The summed E-state index contributed by atoms with van der Waals surface area (Å²) in [6, 6.07) is 12.3. The van der Waals surface area contributed by atoms with Gasteiger partial charge in [0.05, 0.1) is 18.2 Å². The maximum absolute atomic E-state index is 14.2. The van der Waals surface area contributed by atoms with Crippen LogP contribution in [0.25, 0.3) is 11.1 Å². The Morgan fingerprint density at radius 1 is 1.14 bits per heavy atom. The fourth-order valence-electron chi connectivity index (χ4n) is 2.60. The molecule has 0 aliphatic heterocycles. The number of aryl methyl sites for hydroxylation is 2. The van der Waals surface area contributed by atoms with Gasteiger partial charge in [0.25, 0.3) is 0 Å². The number of rotatable bonds is 3. The van der Waals surface area contributed by atoms with Crippen molar-refractivity contribution in [2.24, 2.45) is 7.05 Å². The van der Waals surface area contributed by atoms with E-state index in [2.05, 4.69) is 4.98 Å². The van der Waals surface area contributed by atoms with Crippen LogP contribution in [0.4, 0.5) is 4.39 Å². The van der Waals surface area contributed by atoms with Crippen molar-refractivity contribution in [3.05, 3.63) is 77.6 Å². The molecule has 1 heterocycles. The average Bonchev–Trinajstić information content (AvgIpc) is 2.94. The third kappa shape index (κ3) is 2.53. The Kier molecular flexibility index (Phi) is 3.77. The topological polar surface area (TPSA) is 38.1 Å². The minimum absolute atomic E-state index is 0.296. The number of nitrogens with zero attached hydrogens (tertiary/aromatic N) is 2. The van der Waals surface area contributed by atoms with Crippen LogP contribution in [0.5, 0.6) is 0 Å². The van der Waals surface area contributed by atoms with Gasteiger partial charge in [-0.3, -0.25) is 0 Å². The molecule has 0 saturated heterocycles. The second-order valence-corrected chi connectivity index (χ2v) is 5.39. The molecule has 1 atom stereocenters. The number of benzene rings is 2. The van der Waals surface area contributed by atoms with E-state index in [1.807, 2.05) is 38.2 Å². The van der Waals surface area contributed by atoms with Gasteiger partial charge >= 0.3 is 0 Å². The third-order valence-electron chi connectivity index (χ3n) is 3.88. The van der Waals surface area contributed by atoms with Gasteiger partial charge in [-0.15, -0.1) is 0 Å². The molecule has 1 N–H and O–H groups in total. The first-order valence-electron chi connectivity index (χ1n) is 7.07. The lowest BCUT2D eigenvalue weighted by Crippen LogP contribution is -2.05. The van der Waals surface area contributed by atoms with Crippen molar-refractivity contribution in [2.75, 3.05) is 0 Å². The summed E-state index contributed by atoms with van der Waals surface area (Å²) in [6.45, 7) is 1.94. The third-order valence-corrected chi connectivity index (χ3v) is 3.88. The molecule has 22 heavy (non-hydrogen) atoms. The van der Waals surface area contributed by atoms with Crippen LogP contribution in [0, 0.1) is 12.7 Å². The van der Waals surface area contributed by atoms with Crippen molar-refractivity contribution in [2.45, 2.75) is 13.0 Å². The first kappa shape index (κ1) is 14.5. The van der Waals surface area contributed by atoms with E-state index in [4.69, 9.17) is 0 Å². The van der Waals surface area contributed by atoms with Crippen LogP contribution in [-0.2, 0) is 7.05 Å². The van der Waals surface area contributed by atoms with E-state index in [-0.39, 0.29) is 5.82 Å². The van der Waals surface area contributed by atoms with Gasteiger partial charge in [-0.05, 0) is 35.7 Å². The number of imidazole rings is 1. The van der Waals surface area contributed by atoms with Crippen LogP contribution < -0.4 is 0 Å². The van der Waals surface area contributed by atoms with E-state index in [1.54, 1.807) is 29.2 Å². The molecule has 0 aliphatic rings. The lowest BCUT2D eigenvalue weighted by atomic mass is 9.96. The van der Waals surface area contributed by atoms with Gasteiger partial charge in [0.2, 0.25) is 0 Å². The maximum Gasteiger partial charge on any atom is 0.131 e. The molecule has 4 heteroatoms. The first-order valence-corrected chi connectivity index (χ1v) is 7.07. The van der Waals surface area contributed by atoms with Crippen molar-refractivity contribution in [3.8, 4) is 11.1 Å². The zero-order valence-corrected chi connectivity index (χ0v) is 12.5. The highest BCUT2D eigenvalue weighted by atomic mass is 19.1.